The highest BCUT2D eigenvalue weighted by Crippen LogP contribution is 2.26. The second-order valence-corrected chi connectivity index (χ2v) is 5.31. The Morgan fingerprint density at radius 2 is 1.65 bits per heavy atom. The maximum atomic E-state index is 11.2. The Morgan fingerprint density at radius 3 is 2.18 bits per heavy atom. The molecule has 1 aliphatic carbocycles. The molecule has 1 heteroatoms. The van der Waals surface area contributed by atoms with Crippen LogP contribution in [-0.4, -0.2) is 5.78 Å². The summed E-state index contributed by atoms with van der Waals surface area (Å²) < 4.78 is 0. The third-order valence-corrected chi connectivity index (χ3v) is 3.86. The monoisotopic (exact) mass is 230 g/mol. The molecule has 1 aliphatic rings. The number of rotatable bonds is 3. The zero-order chi connectivity index (χ0) is 12.1. The largest absolute Gasteiger partial charge is 0.295 e. The summed E-state index contributed by atoms with van der Waals surface area (Å²) >= 11 is 0. The summed E-state index contributed by atoms with van der Waals surface area (Å²) in [4.78, 5) is 11.2. The lowest BCUT2D eigenvalue weighted by atomic mass is 9.92. The molecule has 0 bridgehead atoms. The van der Waals surface area contributed by atoms with Crippen molar-refractivity contribution in [2.45, 2.75) is 51.9 Å². The standard InChI is InChI=1S/C16H22O/c1-13(17)16-10-8-15(9-11-16)12-14-6-4-2-3-5-7-14/h8-11,14H,2-7,12H2,1H3. The van der Waals surface area contributed by atoms with Gasteiger partial charge >= 0.3 is 0 Å². The van der Waals surface area contributed by atoms with E-state index in [9.17, 15) is 4.79 Å². The van der Waals surface area contributed by atoms with Gasteiger partial charge in [-0.3, -0.25) is 4.79 Å². The first-order chi connectivity index (χ1) is 8.25. The molecule has 0 unspecified atom stereocenters. The maximum Gasteiger partial charge on any atom is 0.159 e. The number of Topliss-reactive ketones (excluding diaryl/α,β-unsaturated/α-hetero) is 1. The van der Waals surface area contributed by atoms with Gasteiger partial charge in [-0.2, -0.15) is 0 Å². The van der Waals surface area contributed by atoms with E-state index in [2.05, 4.69) is 12.1 Å². The highest BCUT2D eigenvalue weighted by atomic mass is 16.1. The van der Waals surface area contributed by atoms with E-state index in [1.54, 1.807) is 6.92 Å². The van der Waals surface area contributed by atoms with E-state index in [1.165, 1.54) is 50.5 Å². The van der Waals surface area contributed by atoms with Crippen LogP contribution in [0.15, 0.2) is 24.3 Å². The first-order valence-corrected chi connectivity index (χ1v) is 6.85. The fourth-order valence-electron chi connectivity index (χ4n) is 2.78. The Kier molecular flexibility index (Phi) is 4.36. The molecule has 0 saturated heterocycles. The molecular weight excluding hydrogens is 208 g/mol. The normalized spacial score (nSPS) is 17.7. The zero-order valence-electron chi connectivity index (χ0n) is 10.7. The summed E-state index contributed by atoms with van der Waals surface area (Å²) in [7, 11) is 0. The van der Waals surface area contributed by atoms with Crippen molar-refractivity contribution in [2.75, 3.05) is 0 Å². The van der Waals surface area contributed by atoms with E-state index >= 15 is 0 Å². The van der Waals surface area contributed by atoms with Crippen LogP contribution in [0.1, 0.15) is 61.4 Å². The molecule has 0 radical (unpaired) electrons. The minimum atomic E-state index is 0.158. The van der Waals surface area contributed by atoms with E-state index in [1.807, 2.05) is 12.1 Å². The SMILES string of the molecule is CC(=O)c1ccc(CC2CCCCCC2)cc1. The average Bonchev–Trinajstić information content (AvgIpc) is 2.58. The van der Waals surface area contributed by atoms with Crippen molar-refractivity contribution in [2.24, 2.45) is 5.92 Å². The molecule has 0 spiro atoms. The molecule has 92 valence electrons. The van der Waals surface area contributed by atoms with Gasteiger partial charge in [-0.1, -0.05) is 62.8 Å². The minimum absolute atomic E-state index is 0.158. The van der Waals surface area contributed by atoms with Crippen molar-refractivity contribution in [1.29, 1.82) is 0 Å². The summed E-state index contributed by atoms with van der Waals surface area (Å²) in [6, 6.07) is 8.19. The van der Waals surface area contributed by atoms with Crippen LogP contribution in [0.3, 0.4) is 0 Å². The van der Waals surface area contributed by atoms with Crippen molar-refractivity contribution >= 4 is 5.78 Å². The first-order valence-electron chi connectivity index (χ1n) is 6.85. The molecular formula is C16H22O. The van der Waals surface area contributed by atoms with Gasteiger partial charge in [-0.05, 0) is 24.8 Å². The van der Waals surface area contributed by atoms with Gasteiger partial charge in [0.25, 0.3) is 0 Å². The molecule has 1 fully saturated rings. The zero-order valence-corrected chi connectivity index (χ0v) is 10.7. The van der Waals surface area contributed by atoms with Crippen LogP contribution < -0.4 is 0 Å². The fourth-order valence-corrected chi connectivity index (χ4v) is 2.78. The van der Waals surface area contributed by atoms with E-state index in [-0.39, 0.29) is 5.78 Å². The van der Waals surface area contributed by atoms with Crippen LogP contribution >= 0.6 is 0 Å². The molecule has 1 aromatic carbocycles. The van der Waals surface area contributed by atoms with E-state index in [4.69, 9.17) is 0 Å². The van der Waals surface area contributed by atoms with E-state index in [0.717, 1.165) is 11.5 Å². The predicted molar refractivity (Wildman–Crippen MR) is 71.3 cm³/mol. The number of carbonyl (C=O) groups excluding carboxylic acids is 1. The lowest BCUT2D eigenvalue weighted by Crippen LogP contribution is -2.03. The summed E-state index contributed by atoms with van der Waals surface area (Å²) in [6.07, 6.45) is 9.59. The van der Waals surface area contributed by atoms with E-state index in [0.29, 0.717) is 0 Å². The molecule has 0 aromatic heterocycles. The molecule has 1 nitrogen and oxygen atoms in total. The molecule has 0 amide bonds. The number of benzene rings is 1. The van der Waals surface area contributed by atoms with Crippen LogP contribution in [0.4, 0.5) is 0 Å². The molecule has 17 heavy (non-hydrogen) atoms. The molecule has 0 atom stereocenters. The van der Waals surface area contributed by atoms with Crippen LogP contribution in [0.2, 0.25) is 0 Å². The number of hydrogen-bond acceptors (Lipinski definition) is 1. The molecule has 1 aromatic rings. The Morgan fingerprint density at radius 1 is 1.06 bits per heavy atom. The van der Waals surface area contributed by atoms with Gasteiger partial charge < -0.3 is 0 Å². The van der Waals surface area contributed by atoms with Gasteiger partial charge in [0.05, 0.1) is 0 Å². The number of hydrogen-bond donors (Lipinski definition) is 0. The summed E-state index contributed by atoms with van der Waals surface area (Å²) in [5.41, 5.74) is 2.22. The highest BCUT2D eigenvalue weighted by molar-refractivity contribution is 5.93. The average molecular weight is 230 g/mol. The maximum absolute atomic E-state index is 11.2. The molecule has 1 saturated carbocycles. The van der Waals surface area contributed by atoms with Gasteiger partial charge in [0.15, 0.2) is 5.78 Å². The van der Waals surface area contributed by atoms with Gasteiger partial charge in [-0.15, -0.1) is 0 Å². The number of ketones is 1. The first kappa shape index (κ1) is 12.3. The molecule has 2 rings (SSSR count). The van der Waals surface area contributed by atoms with Gasteiger partial charge in [-0.25, -0.2) is 0 Å². The van der Waals surface area contributed by atoms with Crippen LogP contribution in [0.5, 0.6) is 0 Å². The Hall–Kier alpha value is -1.11. The van der Waals surface area contributed by atoms with Crippen molar-refractivity contribution in [3.63, 3.8) is 0 Å². The van der Waals surface area contributed by atoms with Crippen molar-refractivity contribution in [3.8, 4) is 0 Å². The van der Waals surface area contributed by atoms with Crippen molar-refractivity contribution < 1.29 is 4.79 Å². The topological polar surface area (TPSA) is 17.1 Å². The van der Waals surface area contributed by atoms with Crippen LogP contribution in [0.25, 0.3) is 0 Å². The second-order valence-electron chi connectivity index (χ2n) is 5.31. The lowest BCUT2D eigenvalue weighted by molar-refractivity contribution is 0.101. The van der Waals surface area contributed by atoms with Crippen molar-refractivity contribution in [1.82, 2.24) is 0 Å². The van der Waals surface area contributed by atoms with Crippen LogP contribution in [-0.2, 0) is 6.42 Å². The molecule has 0 heterocycles. The van der Waals surface area contributed by atoms with Gasteiger partial charge in [0.2, 0.25) is 0 Å². The van der Waals surface area contributed by atoms with Gasteiger partial charge in [0, 0.05) is 5.56 Å². The Bertz CT molecular complexity index is 356. The van der Waals surface area contributed by atoms with E-state index < -0.39 is 0 Å². The Labute approximate surface area is 104 Å². The van der Waals surface area contributed by atoms with Gasteiger partial charge in [0.1, 0.15) is 0 Å². The molecule has 0 N–H and O–H groups in total. The Balaban J connectivity index is 1.95. The summed E-state index contributed by atoms with van der Waals surface area (Å²) in [5, 5.41) is 0. The quantitative estimate of drug-likeness (QED) is 0.555. The van der Waals surface area contributed by atoms with Crippen molar-refractivity contribution in [3.05, 3.63) is 35.4 Å². The second kappa shape index (κ2) is 6.00. The lowest BCUT2D eigenvalue weighted by Gasteiger charge is -2.13. The fraction of sp³-hybridized carbons (Fsp3) is 0.562. The minimum Gasteiger partial charge on any atom is -0.295 e. The van der Waals surface area contributed by atoms with Crippen LogP contribution in [0, 0.1) is 5.92 Å². The summed E-state index contributed by atoms with van der Waals surface area (Å²) in [5.74, 6) is 1.02. The molecule has 0 aliphatic heterocycles. The number of carbonyl (C=O) groups is 1. The smallest absolute Gasteiger partial charge is 0.159 e. The third-order valence-electron chi connectivity index (χ3n) is 3.86. The predicted octanol–water partition coefficient (Wildman–Crippen LogP) is 4.40. The highest BCUT2D eigenvalue weighted by Gasteiger charge is 2.12. The third kappa shape index (κ3) is 3.69. The summed E-state index contributed by atoms with van der Waals surface area (Å²) in [6.45, 7) is 1.63.